The normalized spacial score (nSPS) is 14.2. The molecular weight excluding hydrogens is 1050 g/mol. The molecule has 2 aliphatic heterocycles. The quantitative estimate of drug-likeness (QED) is 0.119. The topological polar surface area (TPSA) is 76.0 Å². The fourth-order valence-corrected chi connectivity index (χ4v) is 8.57. The number of phenolic OH excluding ortho intramolecular Hbond substituents is 2. The van der Waals surface area contributed by atoms with Crippen molar-refractivity contribution >= 4 is 143 Å². The molecule has 0 atom stereocenters. The van der Waals surface area contributed by atoms with Crippen molar-refractivity contribution in [2.75, 3.05) is 0 Å². The third-order valence-corrected chi connectivity index (χ3v) is 10.8. The predicted molar refractivity (Wildman–Crippen MR) is 159 cm³/mol. The Labute approximate surface area is 358 Å². The molecule has 1 spiro atoms. The molecule has 0 radical (unpaired) electrons. The Morgan fingerprint density at radius 1 is 0.743 bits per heavy atom. The third-order valence-electron chi connectivity index (χ3n) is 5.33. The second kappa shape index (κ2) is 12.2. The molecule has 0 unspecified atom stereocenters. The zero-order valence-electron chi connectivity index (χ0n) is 17.3. The number of aromatic hydroxyl groups is 2. The summed E-state index contributed by atoms with van der Waals surface area (Å²) in [5.74, 6) is -0.246. The van der Waals surface area contributed by atoms with Crippen molar-refractivity contribution in [3.05, 3.63) is 68.8 Å². The Morgan fingerprint density at radius 2 is 1.17 bits per heavy atom. The fourth-order valence-electron chi connectivity index (χ4n) is 3.93. The first-order valence-electron chi connectivity index (χ1n) is 8.63. The van der Waals surface area contributed by atoms with Crippen LogP contribution in [0.3, 0.4) is 0 Å². The van der Waals surface area contributed by atoms with E-state index in [0.29, 0.717) is 25.4 Å². The molecule has 15 heteroatoms. The first-order chi connectivity index (χ1) is 15.4. The van der Waals surface area contributed by atoms with E-state index in [0.717, 1.165) is 0 Å². The van der Waals surface area contributed by atoms with Gasteiger partial charge in [0.15, 0.2) is 17.1 Å². The first kappa shape index (κ1) is 33.4. The molecule has 3 aromatic rings. The molecule has 0 amide bonds. The average molecular weight is 1050 g/mol. The molecule has 0 fully saturated rings. The SMILES string of the molecule is O=C1OC2(c3cc(I)c(O)c(I)c3Oc3c2cc(I)c(O)c3I)c2c(Cl)c(Cl)c(Cl)c(Cl)c21.[K+].[K+]. The van der Waals surface area contributed by atoms with Crippen molar-refractivity contribution in [2.24, 2.45) is 0 Å². The molecule has 5 nitrogen and oxygen atoms in total. The molecule has 0 saturated heterocycles. The number of rotatable bonds is 0. The van der Waals surface area contributed by atoms with E-state index >= 15 is 0 Å². The minimum atomic E-state index is -1.62. The van der Waals surface area contributed by atoms with Crippen LogP contribution in [0.4, 0.5) is 0 Å². The van der Waals surface area contributed by atoms with E-state index < -0.39 is 11.6 Å². The molecule has 0 aliphatic carbocycles. The van der Waals surface area contributed by atoms with Gasteiger partial charge in [-0.3, -0.25) is 0 Å². The number of hydrogen-bond donors (Lipinski definition) is 2. The van der Waals surface area contributed by atoms with Gasteiger partial charge in [-0.15, -0.1) is 0 Å². The summed E-state index contributed by atoms with van der Waals surface area (Å²) in [7, 11) is 0. The van der Waals surface area contributed by atoms with E-state index in [1.54, 1.807) is 12.1 Å². The van der Waals surface area contributed by atoms with Crippen LogP contribution in [0.2, 0.25) is 20.1 Å². The van der Waals surface area contributed by atoms with Crippen LogP contribution in [0.5, 0.6) is 23.0 Å². The molecule has 3 aromatic carbocycles. The summed E-state index contributed by atoms with van der Waals surface area (Å²) in [5, 5.41) is 21.0. The van der Waals surface area contributed by atoms with E-state index in [1.807, 2.05) is 90.4 Å². The van der Waals surface area contributed by atoms with E-state index in [4.69, 9.17) is 55.9 Å². The van der Waals surface area contributed by atoms with Gasteiger partial charge >= 0.3 is 109 Å². The zero-order chi connectivity index (χ0) is 24.1. The Hall–Kier alpha value is 3.88. The summed E-state index contributed by atoms with van der Waals surface area (Å²) in [6.07, 6.45) is 0. The van der Waals surface area contributed by atoms with Crippen LogP contribution in [0.1, 0.15) is 27.0 Å². The molecule has 0 bridgehead atoms. The van der Waals surface area contributed by atoms with Gasteiger partial charge in [-0.1, -0.05) is 46.4 Å². The predicted octanol–water partition coefficient (Wildman–Crippen LogP) is 2.71. The van der Waals surface area contributed by atoms with Crippen LogP contribution in [0.25, 0.3) is 0 Å². The largest absolute Gasteiger partial charge is 1.00 e. The third kappa shape index (κ3) is 4.99. The maximum absolute atomic E-state index is 13.3. The Balaban J connectivity index is 0.00000171. The molecule has 2 heterocycles. The first-order valence-corrected chi connectivity index (χ1v) is 14.5. The van der Waals surface area contributed by atoms with Crippen LogP contribution in [-0.2, 0) is 10.3 Å². The molecule has 0 aromatic heterocycles. The van der Waals surface area contributed by atoms with Gasteiger partial charge in [0.2, 0.25) is 0 Å². The van der Waals surface area contributed by atoms with Crippen molar-refractivity contribution in [1.82, 2.24) is 0 Å². The number of carbonyl (C=O) groups excluding carboxylic acids is 1. The van der Waals surface area contributed by atoms with Crippen LogP contribution in [0, 0.1) is 14.3 Å². The van der Waals surface area contributed by atoms with Crippen molar-refractivity contribution in [2.45, 2.75) is 5.60 Å². The second-order valence-electron chi connectivity index (χ2n) is 6.97. The van der Waals surface area contributed by atoms with Gasteiger partial charge < -0.3 is 19.7 Å². The molecule has 5 rings (SSSR count). The molecule has 2 N–H and O–H groups in total. The Bertz CT molecular complexity index is 1410. The average Bonchev–Trinajstić information content (AvgIpc) is 3.08. The van der Waals surface area contributed by atoms with Gasteiger partial charge in [-0.2, -0.15) is 0 Å². The number of esters is 1. The maximum atomic E-state index is 13.3. The molecular formula is C20H4Cl4I4K2O5+2. The zero-order valence-corrected chi connectivity index (χ0v) is 35.2. The van der Waals surface area contributed by atoms with E-state index in [-0.39, 0.29) is 157 Å². The van der Waals surface area contributed by atoms with Crippen molar-refractivity contribution in [3.63, 3.8) is 0 Å². The van der Waals surface area contributed by atoms with Crippen molar-refractivity contribution in [1.29, 1.82) is 0 Å². The smallest absolute Gasteiger partial charge is 0.506 e. The van der Waals surface area contributed by atoms with Gasteiger partial charge in [0, 0.05) is 5.56 Å². The van der Waals surface area contributed by atoms with Crippen LogP contribution in [0.15, 0.2) is 12.1 Å². The number of benzene rings is 3. The number of halogens is 8. The standard InChI is InChI=1S/C20H4Cl4I4O5.2K/c21-9-7-8(10(22)12(24)11(9)23)20(33-19(7)31)3-1-5(25)15(29)13(27)17(3)32-18-4(20)2-6(26)16(30)14(18)28;;/h1-2,29-30H;;/q;2*+1. The Morgan fingerprint density at radius 3 is 1.63 bits per heavy atom. The summed E-state index contributed by atoms with van der Waals surface area (Å²) in [5.41, 5.74) is -0.574. The van der Waals surface area contributed by atoms with E-state index in [2.05, 4.69) is 0 Å². The summed E-state index contributed by atoms with van der Waals surface area (Å²) >= 11 is 33.7. The van der Waals surface area contributed by atoms with Crippen LogP contribution < -0.4 is 108 Å². The second-order valence-corrected chi connectivity index (χ2v) is 13.0. The number of phenols is 2. The number of fused-ring (bicyclic) bond motifs is 6. The molecule has 2 aliphatic rings. The van der Waals surface area contributed by atoms with Gasteiger partial charge in [-0.25, -0.2) is 4.79 Å². The van der Waals surface area contributed by atoms with E-state index in [1.165, 1.54) is 0 Å². The van der Waals surface area contributed by atoms with Crippen LogP contribution >= 0.6 is 137 Å². The van der Waals surface area contributed by atoms with Gasteiger partial charge in [0.1, 0.15) is 11.5 Å². The monoisotopic (exact) mass is 1050 g/mol. The van der Waals surface area contributed by atoms with E-state index in [9.17, 15) is 15.0 Å². The summed E-state index contributed by atoms with van der Waals surface area (Å²) in [6.45, 7) is 0. The summed E-state index contributed by atoms with van der Waals surface area (Å²) in [4.78, 5) is 13.3. The van der Waals surface area contributed by atoms with Crippen LogP contribution in [-0.4, -0.2) is 16.2 Å². The van der Waals surface area contributed by atoms with Crippen molar-refractivity contribution in [3.8, 4) is 23.0 Å². The minimum Gasteiger partial charge on any atom is -0.506 e. The Kier molecular flexibility index (Phi) is 11.7. The van der Waals surface area contributed by atoms with Gasteiger partial charge in [0.05, 0.1) is 51.1 Å². The number of hydrogen-bond acceptors (Lipinski definition) is 5. The van der Waals surface area contributed by atoms with Gasteiger partial charge in [-0.05, 0) is 102 Å². The summed E-state index contributed by atoms with van der Waals surface area (Å²) in [6, 6.07) is 3.30. The maximum Gasteiger partial charge on any atom is 1.00 e. The summed E-state index contributed by atoms with van der Waals surface area (Å²) < 4.78 is 14.1. The van der Waals surface area contributed by atoms with Crippen molar-refractivity contribution < 1.29 is 127 Å². The number of ether oxygens (including phenoxy) is 2. The molecule has 170 valence electrons. The minimum absolute atomic E-state index is 0. The fraction of sp³-hybridized carbons (Fsp3) is 0.0500. The molecule has 35 heavy (non-hydrogen) atoms. The van der Waals surface area contributed by atoms with Gasteiger partial charge in [0.25, 0.3) is 0 Å². The number of carbonyl (C=O) groups is 1. The molecule has 0 saturated carbocycles.